The van der Waals surface area contributed by atoms with Crippen molar-refractivity contribution < 1.29 is 4.79 Å². The molecule has 5 heteroatoms. The molecule has 0 aromatic heterocycles. The minimum atomic E-state index is 0.0323. The Labute approximate surface area is 122 Å². The Morgan fingerprint density at radius 1 is 1.30 bits per heavy atom. The average Bonchev–Trinajstić information content (AvgIpc) is 2.68. The highest BCUT2D eigenvalue weighted by Crippen LogP contribution is 2.38. The zero-order valence-corrected chi connectivity index (χ0v) is 13.2. The van der Waals surface area contributed by atoms with Crippen molar-refractivity contribution >= 4 is 11.9 Å². The molecule has 1 aliphatic rings. The van der Waals surface area contributed by atoms with Crippen LogP contribution >= 0.6 is 0 Å². The van der Waals surface area contributed by atoms with Crippen LogP contribution in [0.1, 0.15) is 53.4 Å². The summed E-state index contributed by atoms with van der Waals surface area (Å²) in [4.78, 5) is 16.0. The van der Waals surface area contributed by atoms with Crippen molar-refractivity contribution in [3.63, 3.8) is 0 Å². The summed E-state index contributed by atoms with van der Waals surface area (Å²) < 4.78 is 0. The second-order valence-electron chi connectivity index (χ2n) is 6.16. The molecule has 5 N–H and O–H groups in total. The number of rotatable bonds is 6. The summed E-state index contributed by atoms with van der Waals surface area (Å²) in [7, 11) is 0. The molecule has 0 aromatic rings. The Hall–Kier alpha value is -1.26. The molecule has 20 heavy (non-hydrogen) atoms. The van der Waals surface area contributed by atoms with E-state index in [0.29, 0.717) is 17.8 Å². The second-order valence-corrected chi connectivity index (χ2v) is 6.16. The van der Waals surface area contributed by atoms with Crippen molar-refractivity contribution in [2.75, 3.05) is 0 Å². The molecule has 0 spiro atoms. The van der Waals surface area contributed by atoms with Gasteiger partial charge in [0, 0.05) is 18.9 Å². The maximum Gasteiger partial charge on any atom is 0.217 e. The number of nitrogens with two attached hydrogens (primary N) is 2. The molecule has 1 rings (SSSR count). The van der Waals surface area contributed by atoms with E-state index in [1.807, 2.05) is 0 Å². The molecule has 0 bridgehead atoms. The van der Waals surface area contributed by atoms with Crippen molar-refractivity contribution in [1.82, 2.24) is 5.32 Å². The van der Waals surface area contributed by atoms with Crippen molar-refractivity contribution in [2.24, 2.45) is 34.2 Å². The lowest BCUT2D eigenvalue weighted by Crippen LogP contribution is -2.47. The van der Waals surface area contributed by atoms with Gasteiger partial charge in [0.15, 0.2) is 5.96 Å². The SMILES string of the molecule is CCC(CC)C(NC(C)=O)C1CC(C)CC1N=C(N)N. The smallest absolute Gasteiger partial charge is 0.217 e. The molecule has 1 saturated carbocycles. The number of hydrogen-bond acceptors (Lipinski definition) is 2. The highest BCUT2D eigenvalue weighted by atomic mass is 16.1. The van der Waals surface area contributed by atoms with E-state index in [-0.39, 0.29) is 24.0 Å². The third-order valence-corrected chi connectivity index (χ3v) is 4.52. The number of nitrogens with zero attached hydrogens (tertiary/aromatic N) is 1. The first-order chi connectivity index (χ1) is 9.38. The quantitative estimate of drug-likeness (QED) is 0.510. The van der Waals surface area contributed by atoms with Crippen LogP contribution in [0.3, 0.4) is 0 Å². The fourth-order valence-electron chi connectivity index (χ4n) is 3.64. The van der Waals surface area contributed by atoms with Gasteiger partial charge in [-0.3, -0.25) is 4.79 Å². The third-order valence-electron chi connectivity index (χ3n) is 4.52. The second kappa shape index (κ2) is 7.50. The van der Waals surface area contributed by atoms with E-state index in [4.69, 9.17) is 11.5 Å². The lowest BCUT2D eigenvalue weighted by molar-refractivity contribution is -0.120. The van der Waals surface area contributed by atoms with E-state index >= 15 is 0 Å². The normalized spacial score (nSPS) is 27.4. The molecule has 1 amide bonds. The predicted molar refractivity (Wildman–Crippen MR) is 83.2 cm³/mol. The van der Waals surface area contributed by atoms with Gasteiger partial charge in [-0.15, -0.1) is 0 Å². The Bertz CT molecular complexity index is 348. The molecule has 4 unspecified atom stereocenters. The van der Waals surface area contributed by atoms with Crippen LogP contribution in [0.25, 0.3) is 0 Å². The summed E-state index contributed by atoms with van der Waals surface area (Å²) >= 11 is 0. The molecule has 116 valence electrons. The van der Waals surface area contributed by atoms with Gasteiger partial charge < -0.3 is 16.8 Å². The maximum atomic E-state index is 11.6. The first kappa shape index (κ1) is 16.8. The van der Waals surface area contributed by atoms with Gasteiger partial charge in [0.25, 0.3) is 0 Å². The summed E-state index contributed by atoms with van der Waals surface area (Å²) in [5.74, 6) is 1.59. The van der Waals surface area contributed by atoms with Gasteiger partial charge in [0.1, 0.15) is 0 Å². The number of carbonyl (C=O) groups is 1. The highest BCUT2D eigenvalue weighted by molar-refractivity contribution is 5.76. The van der Waals surface area contributed by atoms with Crippen molar-refractivity contribution in [2.45, 2.75) is 65.5 Å². The largest absolute Gasteiger partial charge is 0.370 e. The van der Waals surface area contributed by atoms with Crippen LogP contribution in [0, 0.1) is 17.8 Å². The number of nitrogens with one attached hydrogen (secondary N) is 1. The van der Waals surface area contributed by atoms with Crippen LogP contribution in [-0.4, -0.2) is 24.0 Å². The number of aliphatic imine (C=N–C) groups is 1. The van der Waals surface area contributed by atoms with Crippen molar-refractivity contribution in [3.05, 3.63) is 0 Å². The van der Waals surface area contributed by atoms with E-state index in [1.165, 1.54) is 0 Å². The first-order valence-electron chi connectivity index (χ1n) is 7.74. The molecule has 0 aliphatic heterocycles. The molecule has 1 aliphatic carbocycles. The molecule has 0 aromatic carbocycles. The minimum absolute atomic E-state index is 0.0323. The summed E-state index contributed by atoms with van der Waals surface area (Å²) in [6, 6.07) is 0.299. The Morgan fingerprint density at radius 3 is 2.35 bits per heavy atom. The fraction of sp³-hybridized carbons (Fsp3) is 0.867. The predicted octanol–water partition coefficient (Wildman–Crippen LogP) is 1.62. The highest BCUT2D eigenvalue weighted by Gasteiger charge is 2.40. The fourth-order valence-corrected chi connectivity index (χ4v) is 3.64. The topological polar surface area (TPSA) is 93.5 Å². The maximum absolute atomic E-state index is 11.6. The van der Waals surface area contributed by atoms with Crippen LogP contribution in [0.15, 0.2) is 4.99 Å². The summed E-state index contributed by atoms with van der Waals surface area (Å²) in [5, 5.41) is 3.16. The van der Waals surface area contributed by atoms with E-state index in [9.17, 15) is 4.79 Å². The molecule has 0 saturated heterocycles. The standard InChI is InChI=1S/C15H30N4O/c1-5-11(6-2)14(18-10(4)20)12-7-9(3)8-13(12)19-15(16)17/h9,11-14H,5-8H2,1-4H3,(H,18,20)(H4,16,17,19). The van der Waals surface area contributed by atoms with Gasteiger partial charge in [0.05, 0.1) is 6.04 Å². The van der Waals surface area contributed by atoms with Crippen LogP contribution < -0.4 is 16.8 Å². The molecule has 0 heterocycles. The molecule has 5 nitrogen and oxygen atoms in total. The van der Waals surface area contributed by atoms with Crippen LogP contribution in [0.5, 0.6) is 0 Å². The number of hydrogen-bond donors (Lipinski definition) is 3. The van der Waals surface area contributed by atoms with Gasteiger partial charge in [-0.25, -0.2) is 4.99 Å². The Morgan fingerprint density at radius 2 is 1.90 bits per heavy atom. The summed E-state index contributed by atoms with van der Waals surface area (Å²) in [6.07, 6.45) is 4.18. The molecule has 0 radical (unpaired) electrons. The van der Waals surface area contributed by atoms with Gasteiger partial charge in [-0.1, -0.05) is 33.6 Å². The van der Waals surface area contributed by atoms with E-state index < -0.39 is 0 Å². The van der Waals surface area contributed by atoms with Gasteiger partial charge in [-0.2, -0.15) is 0 Å². The third kappa shape index (κ3) is 4.39. The summed E-state index contributed by atoms with van der Waals surface area (Å²) in [5.41, 5.74) is 11.1. The first-order valence-corrected chi connectivity index (χ1v) is 7.74. The Kier molecular flexibility index (Phi) is 6.30. The van der Waals surface area contributed by atoms with Crippen LogP contribution in [0.4, 0.5) is 0 Å². The van der Waals surface area contributed by atoms with E-state index in [0.717, 1.165) is 25.7 Å². The van der Waals surface area contributed by atoms with Crippen LogP contribution in [-0.2, 0) is 4.79 Å². The van der Waals surface area contributed by atoms with Crippen molar-refractivity contribution in [3.8, 4) is 0 Å². The van der Waals surface area contributed by atoms with Gasteiger partial charge in [-0.05, 0) is 24.7 Å². The molecular formula is C15H30N4O. The van der Waals surface area contributed by atoms with Gasteiger partial charge in [0.2, 0.25) is 5.91 Å². The van der Waals surface area contributed by atoms with Crippen molar-refractivity contribution in [1.29, 1.82) is 0 Å². The lowest BCUT2D eigenvalue weighted by Gasteiger charge is -2.33. The lowest BCUT2D eigenvalue weighted by atomic mass is 9.82. The monoisotopic (exact) mass is 282 g/mol. The number of guanidine groups is 1. The molecule has 4 atom stereocenters. The molecule has 1 fully saturated rings. The Balaban J connectivity index is 2.97. The van der Waals surface area contributed by atoms with Gasteiger partial charge >= 0.3 is 0 Å². The minimum Gasteiger partial charge on any atom is -0.370 e. The van der Waals surface area contributed by atoms with E-state index in [1.54, 1.807) is 6.92 Å². The van der Waals surface area contributed by atoms with Crippen LogP contribution in [0.2, 0.25) is 0 Å². The van der Waals surface area contributed by atoms with E-state index in [2.05, 4.69) is 31.1 Å². The number of carbonyl (C=O) groups excluding carboxylic acids is 1. The summed E-state index contributed by atoms with van der Waals surface area (Å²) in [6.45, 7) is 8.17. The number of amides is 1. The zero-order chi connectivity index (χ0) is 15.3. The molecular weight excluding hydrogens is 252 g/mol. The zero-order valence-electron chi connectivity index (χ0n) is 13.2. The average molecular weight is 282 g/mol.